The molecule has 17 heavy (non-hydrogen) atoms. The zero-order valence-corrected chi connectivity index (χ0v) is 8.97. The second-order valence-corrected chi connectivity index (χ2v) is 3.03. The molecule has 0 unspecified atom stereocenters. The number of hydrogen-bond acceptors (Lipinski definition) is 5. The number of carboxylic acid groups (broad SMARTS) is 1. The summed E-state index contributed by atoms with van der Waals surface area (Å²) in [4.78, 5) is 36.6. The lowest BCUT2D eigenvalue weighted by atomic mass is 10.2. The highest BCUT2D eigenvalue weighted by molar-refractivity contribution is 6.05. The van der Waals surface area contributed by atoms with Crippen molar-refractivity contribution in [1.29, 1.82) is 0 Å². The quantitative estimate of drug-likeness (QED) is 0.576. The van der Waals surface area contributed by atoms with E-state index in [1.54, 1.807) is 0 Å². The van der Waals surface area contributed by atoms with Crippen molar-refractivity contribution in [1.82, 2.24) is 4.98 Å². The zero-order chi connectivity index (χ0) is 12.8. The fourth-order valence-corrected chi connectivity index (χ4v) is 1.08. The molecule has 1 amide bonds. The van der Waals surface area contributed by atoms with Crippen molar-refractivity contribution in [2.45, 2.75) is 6.42 Å². The van der Waals surface area contributed by atoms with Gasteiger partial charge in [0.05, 0.1) is 24.6 Å². The molecule has 0 fully saturated rings. The van der Waals surface area contributed by atoms with E-state index in [9.17, 15) is 14.4 Å². The summed E-state index contributed by atoms with van der Waals surface area (Å²) < 4.78 is 4.30. The number of nitrogens with one attached hydrogen (secondary N) is 1. The third-order valence-corrected chi connectivity index (χ3v) is 1.86. The first kappa shape index (κ1) is 12.6. The lowest BCUT2D eigenvalue weighted by Crippen LogP contribution is -2.19. The van der Waals surface area contributed by atoms with Gasteiger partial charge in [-0.25, -0.2) is 4.79 Å². The minimum absolute atomic E-state index is 0.0360. The highest BCUT2D eigenvalue weighted by Crippen LogP contribution is 2.13. The normalized spacial score (nSPS) is 9.47. The van der Waals surface area contributed by atoms with E-state index in [0.717, 1.165) is 7.11 Å². The number of amides is 1. The van der Waals surface area contributed by atoms with Gasteiger partial charge in [0.15, 0.2) is 0 Å². The molecule has 0 aromatic carbocycles. The van der Waals surface area contributed by atoms with E-state index < -0.39 is 24.3 Å². The van der Waals surface area contributed by atoms with Crippen molar-refractivity contribution in [2.75, 3.05) is 12.4 Å². The van der Waals surface area contributed by atoms with Gasteiger partial charge in [-0.3, -0.25) is 14.6 Å². The molecular formula is C10H10N2O5. The van der Waals surface area contributed by atoms with E-state index in [4.69, 9.17) is 5.11 Å². The zero-order valence-electron chi connectivity index (χ0n) is 8.97. The molecule has 0 saturated carbocycles. The van der Waals surface area contributed by atoms with Crippen LogP contribution in [0, 0.1) is 0 Å². The van der Waals surface area contributed by atoms with Gasteiger partial charge in [-0.1, -0.05) is 0 Å². The number of carboxylic acids is 1. The molecule has 7 nitrogen and oxygen atoms in total. The molecule has 0 saturated heterocycles. The van der Waals surface area contributed by atoms with Crippen molar-refractivity contribution in [3.8, 4) is 0 Å². The molecule has 90 valence electrons. The van der Waals surface area contributed by atoms with Crippen LogP contribution in [0.3, 0.4) is 0 Å². The first-order valence-corrected chi connectivity index (χ1v) is 4.58. The monoisotopic (exact) mass is 238 g/mol. The molecule has 0 radical (unpaired) electrons. The maximum Gasteiger partial charge on any atom is 0.337 e. The summed E-state index contributed by atoms with van der Waals surface area (Å²) in [5.74, 6) is -2.56. The predicted molar refractivity (Wildman–Crippen MR) is 56.5 cm³/mol. The van der Waals surface area contributed by atoms with Gasteiger partial charge in [-0.15, -0.1) is 0 Å². The minimum atomic E-state index is -1.19. The number of pyridine rings is 1. The average molecular weight is 238 g/mol. The Bertz CT molecular complexity index is 458. The molecule has 0 atom stereocenters. The Kier molecular flexibility index (Phi) is 4.15. The third-order valence-electron chi connectivity index (χ3n) is 1.86. The summed E-state index contributed by atoms with van der Waals surface area (Å²) in [7, 11) is 1.16. The second-order valence-electron chi connectivity index (χ2n) is 3.03. The molecule has 0 aliphatic carbocycles. The molecule has 1 aromatic heterocycles. The summed E-state index contributed by atoms with van der Waals surface area (Å²) >= 11 is 0. The molecule has 0 spiro atoms. The number of nitrogens with zero attached hydrogens (tertiary/aromatic N) is 1. The van der Waals surface area contributed by atoms with Crippen LogP contribution in [-0.2, 0) is 14.3 Å². The van der Waals surface area contributed by atoms with Crippen molar-refractivity contribution in [2.24, 2.45) is 0 Å². The first-order valence-electron chi connectivity index (χ1n) is 4.58. The minimum Gasteiger partial charge on any atom is -0.478 e. The van der Waals surface area contributed by atoms with Crippen LogP contribution in [-0.4, -0.2) is 35.0 Å². The van der Waals surface area contributed by atoms with E-state index in [1.165, 1.54) is 18.5 Å². The van der Waals surface area contributed by atoms with Crippen LogP contribution in [0.2, 0.25) is 0 Å². The molecule has 1 aromatic rings. The Hall–Kier alpha value is -2.44. The van der Waals surface area contributed by atoms with Crippen molar-refractivity contribution in [3.63, 3.8) is 0 Å². The van der Waals surface area contributed by atoms with Crippen LogP contribution in [0.15, 0.2) is 18.5 Å². The molecule has 0 aliphatic heterocycles. The number of aromatic nitrogens is 1. The lowest BCUT2D eigenvalue weighted by molar-refractivity contribution is -0.142. The van der Waals surface area contributed by atoms with Gasteiger partial charge in [0.2, 0.25) is 5.91 Å². The average Bonchev–Trinajstić information content (AvgIpc) is 2.29. The summed E-state index contributed by atoms with van der Waals surface area (Å²) in [5, 5.41) is 11.1. The molecule has 0 bridgehead atoms. The number of carbonyl (C=O) groups is 3. The first-order chi connectivity index (χ1) is 8.04. The van der Waals surface area contributed by atoms with Crippen LogP contribution >= 0.6 is 0 Å². The number of rotatable bonds is 4. The number of ether oxygens (including phenoxy) is 1. The maximum atomic E-state index is 11.3. The van der Waals surface area contributed by atoms with Gasteiger partial charge < -0.3 is 15.2 Å². The van der Waals surface area contributed by atoms with Gasteiger partial charge >= 0.3 is 11.9 Å². The van der Waals surface area contributed by atoms with E-state index >= 15 is 0 Å². The summed E-state index contributed by atoms with van der Waals surface area (Å²) in [6.45, 7) is 0. The fourth-order valence-electron chi connectivity index (χ4n) is 1.08. The lowest BCUT2D eigenvalue weighted by Gasteiger charge is -2.06. The topological polar surface area (TPSA) is 106 Å². The second kappa shape index (κ2) is 5.59. The van der Waals surface area contributed by atoms with Crippen molar-refractivity contribution in [3.05, 3.63) is 24.0 Å². The number of hydrogen-bond donors (Lipinski definition) is 2. The Balaban J connectivity index is 2.78. The maximum absolute atomic E-state index is 11.3. The molecular weight excluding hydrogens is 228 g/mol. The number of carbonyl (C=O) groups excluding carboxylic acids is 2. The molecule has 0 aliphatic rings. The van der Waals surface area contributed by atoms with Gasteiger partial charge in [0.25, 0.3) is 0 Å². The number of aromatic carboxylic acids is 1. The van der Waals surface area contributed by atoms with E-state index in [2.05, 4.69) is 15.0 Å². The Labute approximate surface area is 96.4 Å². The number of esters is 1. The molecule has 7 heteroatoms. The Morgan fingerprint density at radius 3 is 2.76 bits per heavy atom. The van der Waals surface area contributed by atoms with Crippen molar-refractivity contribution >= 4 is 23.5 Å². The highest BCUT2D eigenvalue weighted by Gasteiger charge is 2.14. The Morgan fingerprint density at radius 2 is 2.18 bits per heavy atom. The number of anilines is 1. The third kappa shape index (κ3) is 3.56. The van der Waals surface area contributed by atoms with Gasteiger partial charge in [0.1, 0.15) is 6.42 Å². The van der Waals surface area contributed by atoms with Crippen LogP contribution < -0.4 is 5.32 Å². The smallest absolute Gasteiger partial charge is 0.337 e. The van der Waals surface area contributed by atoms with Crippen LogP contribution in [0.1, 0.15) is 16.8 Å². The Morgan fingerprint density at radius 1 is 1.47 bits per heavy atom. The standard InChI is InChI=1S/C10H10N2O5/c1-17-9(14)4-8(13)12-7-5-11-3-2-6(7)10(15)16/h2-3,5H,4H2,1H3,(H,12,13)(H,15,16). The van der Waals surface area contributed by atoms with Crippen LogP contribution in [0.4, 0.5) is 5.69 Å². The fraction of sp³-hybridized carbons (Fsp3) is 0.200. The summed E-state index contributed by atoms with van der Waals surface area (Å²) in [6.07, 6.45) is 2.00. The van der Waals surface area contributed by atoms with Crippen LogP contribution in [0.25, 0.3) is 0 Å². The highest BCUT2D eigenvalue weighted by atomic mass is 16.5. The predicted octanol–water partition coefficient (Wildman–Crippen LogP) is 0.281. The van der Waals surface area contributed by atoms with E-state index in [1.807, 2.05) is 0 Å². The summed E-state index contributed by atoms with van der Waals surface area (Å²) in [6, 6.07) is 1.25. The van der Waals surface area contributed by atoms with Crippen LogP contribution in [0.5, 0.6) is 0 Å². The largest absolute Gasteiger partial charge is 0.478 e. The van der Waals surface area contributed by atoms with Gasteiger partial charge in [-0.2, -0.15) is 0 Å². The van der Waals surface area contributed by atoms with E-state index in [0.29, 0.717) is 0 Å². The number of methoxy groups -OCH3 is 1. The van der Waals surface area contributed by atoms with Gasteiger partial charge in [-0.05, 0) is 6.07 Å². The van der Waals surface area contributed by atoms with Gasteiger partial charge in [0, 0.05) is 6.20 Å². The van der Waals surface area contributed by atoms with E-state index in [-0.39, 0.29) is 11.3 Å². The molecule has 2 N–H and O–H groups in total. The molecule has 1 rings (SSSR count). The van der Waals surface area contributed by atoms with Crippen molar-refractivity contribution < 1.29 is 24.2 Å². The summed E-state index contributed by atoms with van der Waals surface area (Å²) in [5.41, 5.74) is -0.0629. The molecule has 1 heterocycles. The SMILES string of the molecule is COC(=O)CC(=O)Nc1cnccc1C(=O)O.